The first kappa shape index (κ1) is 12.3. The summed E-state index contributed by atoms with van der Waals surface area (Å²) in [6.07, 6.45) is 0.461. The molecular weight excluding hydrogens is 214 g/mol. The van der Waals surface area contributed by atoms with Crippen molar-refractivity contribution in [3.05, 3.63) is 0 Å². The normalized spacial score (nSPS) is 19.3. The molecule has 0 aliphatic carbocycles. The summed E-state index contributed by atoms with van der Waals surface area (Å²) in [5.74, 6) is -1.67. The molecule has 0 bridgehead atoms. The number of carbonyl (C=O) groups is 3. The maximum Gasteiger partial charge on any atom is 0.317 e. The van der Waals surface area contributed by atoms with Gasteiger partial charge in [0.25, 0.3) is 0 Å². The van der Waals surface area contributed by atoms with Crippen LogP contribution in [0.4, 0.5) is 4.79 Å². The molecule has 0 aromatic carbocycles. The monoisotopic (exact) mass is 229 g/mol. The van der Waals surface area contributed by atoms with E-state index < -0.39 is 17.9 Å². The lowest BCUT2D eigenvalue weighted by Gasteiger charge is -2.16. The Morgan fingerprint density at radius 3 is 2.62 bits per heavy atom. The minimum Gasteiger partial charge on any atom is -0.481 e. The summed E-state index contributed by atoms with van der Waals surface area (Å²) in [5.41, 5.74) is 0. The Balaban J connectivity index is 2.34. The maximum absolute atomic E-state index is 11.5. The van der Waals surface area contributed by atoms with E-state index in [2.05, 4.69) is 10.6 Å². The van der Waals surface area contributed by atoms with Crippen molar-refractivity contribution in [2.75, 3.05) is 26.7 Å². The quantitative estimate of drug-likeness (QED) is 0.569. The van der Waals surface area contributed by atoms with Crippen LogP contribution in [-0.4, -0.2) is 54.6 Å². The highest BCUT2D eigenvalue weighted by molar-refractivity contribution is 5.84. The fourth-order valence-electron chi connectivity index (χ4n) is 1.50. The average molecular weight is 229 g/mol. The summed E-state index contributed by atoms with van der Waals surface area (Å²) in [5, 5.41) is 13.5. The van der Waals surface area contributed by atoms with Gasteiger partial charge >= 0.3 is 12.0 Å². The van der Waals surface area contributed by atoms with Crippen molar-refractivity contribution in [1.29, 1.82) is 0 Å². The number of hydrogen-bond acceptors (Lipinski definition) is 3. The smallest absolute Gasteiger partial charge is 0.317 e. The first-order valence-corrected chi connectivity index (χ1v) is 5.00. The molecule has 3 amide bonds. The molecule has 1 aliphatic heterocycles. The number of carbonyl (C=O) groups excluding carboxylic acids is 2. The molecule has 1 atom stereocenters. The van der Waals surface area contributed by atoms with Crippen molar-refractivity contribution in [3.8, 4) is 0 Å². The highest BCUT2D eigenvalue weighted by Crippen LogP contribution is 2.15. The van der Waals surface area contributed by atoms with Crippen LogP contribution in [0.15, 0.2) is 0 Å². The van der Waals surface area contributed by atoms with Gasteiger partial charge in [0.1, 0.15) is 0 Å². The lowest BCUT2D eigenvalue weighted by Crippen LogP contribution is -2.43. The Labute approximate surface area is 92.8 Å². The zero-order chi connectivity index (χ0) is 12.1. The van der Waals surface area contributed by atoms with Crippen LogP contribution in [0.2, 0.25) is 0 Å². The molecule has 1 heterocycles. The van der Waals surface area contributed by atoms with Crippen molar-refractivity contribution < 1.29 is 19.5 Å². The highest BCUT2D eigenvalue weighted by atomic mass is 16.4. The minimum atomic E-state index is -0.887. The molecule has 0 aromatic heterocycles. The Bertz CT molecular complexity index is 305. The van der Waals surface area contributed by atoms with Gasteiger partial charge in [-0.3, -0.25) is 9.59 Å². The number of nitrogens with one attached hydrogen (secondary N) is 2. The van der Waals surface area contributed by atoms with Crippen LogP contribution in [0.25, 0.3) is 0 Å². The second-order valence-electron chi connectivity index (χ2n) is 3.60. The molecule has 0 saturated carbocycles. The van der Waals surface area contributed by atoms with Crippen molar-refractivity contribution in [2.24, 2.45) is 5.92 Å². The molecule has 90 valence electrons. The van der Waals surface area contributed by atoms with Gasteiger partial charge < -0.3 is 20.6 Å². The van der Waals surface area contributed by atoms with E-state index in [9.17, 15) is 14.4 Å². The molecule has 0 aromatic rings. The van der Waals surface area contributed by atoms with E-state index in [-0.39, 0.29) is 19.0 Å². The van der Waals surface area contributed by atoms with Crippen LogP contribution in [-0.2, 0) is 9.59 Å². The fourth-order valence-corrected chi connectivity index (χ4v) is 1.50. The topological polar surface area (TPSA) is 98.7 Å². The Morgan fingerprint density at radius 1 is 1.44 bits per heavy atom. The van der Waals surface area contributed by atoms with Crippen LogP contribution in [0.3, 0.4) is 0 Å². The molecule has 1 fully saturated rings. The molecule has 1 rings (SSSR count). The molecule has 16 heavy (non-hydrogen) atoms. The number of aliphatic carboxylic acids is 1. The number of rotatable bonds is 3. The zero-order valence-electron chi connectivity index (χ0n) is 9.02. The van der Waals surface area contributed by atoms with E-state index >= 15 is 0 Å². The van der Waals surface area contributed by atoms with Gasteiger partial charge in [-0.05, 0) is 6.42 Å². The Morgan fingerprint density at radius 2 is 2.12 bits per heavy atom. The lowest BCUT2D eigenvalue weighted by molar-refractivity contribution is -0.141. The van der Waals surface area contributed by atoms with Crippen LogP contribution in [0, 0.1) is 5.92 Å². The predicted octanol–water partition coefficient (Wildman–Crippen LogP) is -1.15. The summed E-state index contributed by atoms with van der Waals surface area (Å²) < 4.78 is 0. The molecule has 1 saturated heterocycles. The predicted molar refractivity (Wildman–Crippen MR) is 54.8 cm³/mol. The van der Waals surface area contributed by atoms with Gasteiger partial charge in [-0.15, -0.1) is 0 Å². The summed E-state index contributed by atoms with van der Waals surface area (Å²) in [7, 11) is 1.48. The summed E-state index contributed by atoms with van der Waals surface area (Å²) in [6, 6.07) is -0.396. The summed E-state index contributed by atoms with van der Waals surface area (Å²) in [6.45, 7) is 0.523. The third-order valence-electron chi connectivity index (χ3n) is 2.50. The average Bonchev–Trinajstić information content (AvgIpc) is 2.74. The van der Waals surface area contributed by atoms with E-state index in [1.165, 1.54) is 11.9 Å². The van der Waals surface area contributed by atoms with Crippen molar-refractivity contribution in [3.63, 3.8) is 0 Å². The Hall–Kier alpha value is -1.79. The molecule has 0 radical (unpaired) electrons. The van der Waals surface area contributed by atoms with Gasteiger partial charge in [-0.25, -0.2) is 4.79 Å². The largest absolute Gasteiger partial charge is 0.481 e. The molecule has 1 aliphatic rings. The summed E-state index contributed by atoms with van der Waals surface area (Å²) >= 11 is 0. The number of amides is 3. The number of likely N-dealkylation sites (tertiary alicyclic amines) is 1. The fraction of sp³-hybridized carbons (Fsp3) is 0.667. The van der Waals surface area contributed by atoms with Crippen LogP contribution in [0.1, 0.15) is 6.42 Å². The standard InChI is InChI=1S/C9H15N3O4/c1-10-7(13)4-11-9(16)12-3-2-6(5-12)8(14)15/h6H,2-5H2,1H3,(H,10,13)(H,11,16)(H,14,15). The second kappa shape index (κ2) is 5.34. The molecule has 1 unspecified atom stereocenters. The number of nitrogens with zero attached hydrogens (tertiary/aromatic N) is 1. The van der Waals surface area contributed by atoms with Gasteiger partial charge in [0, 0.05) is 20.1 Å². The summed E-state index contributed by atoms with van der Waals surface area (Å²) in [4.78, 5) is 34.4. The van der Waals surface area contributed by atoms with Crippen molar-refractivity contribution >= 4 is 17.9 Å². The van der Waals surface area contributed by atoms with Crippen LogP contribution < -0.4 is 10.6 Å². The SMILES string of the molecule is CNC(=O)CNC(=O)N1CCC(C(=O)O)C1. The van der Waals surface area contributed by atoms with Gasteiger partial charge in [0.05, 0.1) is 12.5 Å². The molecular formula is C9H15N3O4. The van der Waals surface area contributed by atoms with E-state index in [1.54, 1.807) is 0 Å². The van der Waals surface area contributed by atoms with Crippen molar-refractivity contribution in [1.82, 2.24) is 15.5 Å². The third kappa shape index (κ3) is 3.11. The van der Waals surface area contributed by atoms with E-state index in [0.29, 0.717) is 13.0 Å². The first-order valence-electron chi connectivity index (χ1n) is 5.00. The van der Waals surface area contributed by atoms with Gasteiger partial charge in [0.2, 0.25) is 5.91 Å². The number of likely N-dealkylation sites (N-methyl/N-ethyl adjacent to an activating group) is 1. The number of carboxylic acids is 1. The van der Waals surface area contributed by atoms with Crippen molar-refractivity contribution in [2.45, 2.75) is 6.42 Å². The second-order valence-corrected chi connectivity index (χ2v) is 3.60. The van der Waals surface area contributed by atoms with Gasteiger partial charge in [0.15, 0.2) is 0 Å². The zero-order valence-corrected chi connectivity index (χ0v) is 9.02. The van der Waals surface area contributed by atoms with Gasteiger partial charge in [-0.1, -0.05) is 0 Å². The van der Waals surface area contributed by atoms with E-state index in [4.69, 9.17) is 5.11 Å². The van der Waals surface area contributed by atoms with Crippen LogP contribution >= 0.6 is 0 Å². The van der Waals surface area contributed by atoms with Crippen LogP contribution in [0.5, 0.6) is 0 Å². The van der Waals surface area contributed by atoms with E-state index in [0.717, 1.165) is 0 Å². The third-order valence-corrected chi connectivity index (χ3v) is 2.50. The highest BCUT2D eigenvalue weighted by Gasteiger charge is 2.30. The Kier molecular flexibility index (Phi) is 4.10. The first-order chi connectivity index (χ1) is 7.54. The minimum absolute atomic E-state index is 0.0937. The van der Waals surface area contributed by atoms with Gasteiger partial charge in [-0.2, -0.15) is 0 Å². The molecule has 7 nitrogen and oxygen atoms in total. The molecule has 7 heteroatoms. The number of carboxylic acid groups (broad SMARTS) is 1. The lowest BCUT2D eigenvalue weighted by atomic mass is 10.1. The molecule has 3 N–H and O–H groups in total. The number of urea groups is 1. The van der Waals surface area contributed by atoms with E-state index in [1.807, 2.05) is 0 Å². The number of hydrogen-bond donors (Lipinski definition) is 3. The molecule has 0 spiro atoms. The maximum atomic E-state index is 11.5.